The molecule has 1 fully saturated rings. The molecule has 3 rings (SSSR count). The summed E-state index contributed by atoms with van der Waals surface area (Å²) in [6.07, 6.45) is 3.92. The molecule has 0 atom stereocenters. The fourth-order valence-corrected chi connectivity index (χ4v) is 4.11. The van der Waals surface area contributed by atoms with E-state index in [0.29, 0.717) is 31.6 Å². The zero-order valence-corrected chi connectivity index (χ0v) is 13.2. The predicted octanol–water partition coefficient (Wildman–Crippen LogP) is 0.675. The van der Waals surface area contributed by atoms with E-state index in [0.717, 1.165) is 0 Å². The first-order chi connectivity index (χ1) is 10.9. The molecule has 0 saturated carbocycles. The van der Waals surface area contributed by atoms with E-state index in [2.05, 4.69) is 10.3 Å². The van der Waals surface area contributed by atoms with Gasteiger partial charge in [0, 0.05) is 38.3 Å². The first-order valence-corrected chi connectivity index (χ1v) is 8.50. The minimum Gasteiger partial charge on any atom is -0.475 e. The molecule has 124 valence electrons. The van der Waals surface area contributed by atoms with E-state index in [4.69, 9.17) is 9.63 Å². The molecule has 0 aromatic carbocycles. The van der Waals surface area contributed by atoms with Crippen LogP contribution in [0.1, 0.15) is 35.0 Å². The molecule has 9 nitrogen and oxygen atoms in total. The van der Waals surface area contributed by atoms with Crippen LogP contribution >= 0.6 is 0 Å². The fraction of sp³-hybridized carbons (Fsp3) is 0.462. The zero-order valence-electron chi connectivity index (χ0n) is 12.4. The van der Waals surface area contributed by atoms with Gasteiger partial charge in [0.25, 0.3) is 0 Å². The van der Waals surface area contributed by atoms with Crippen LogP contribution in [0.5, 0.6) is 0 Å². The standard InChI is InChI=1S/C13H16N4O5S/c1-16-8-10(7-14-16)23(20,21)17-4-2-9(3-5-17)11-6-12(13(18)19)22-15-11/h6-9H,2-5H2,1H3,(H,18,19). The van der Waals surface area contributed by atoms with E-state index in [9.17, 15) is 13.2 Å². The molecule has 3 heterocycles. The second-order valence-electron chi connectivity index (χ2n) is 5.45. The Morgan fingerprint density at radius 2 is 2.09 bits per heavy atom. The van der Waals surface area contributed by atoms with Gasteiger partial charge in [-0.2, -0.15) is 9.40 Å². The van der Waals surface area contributed by atoms with Crippen molar-refractivity contribution in [3.63, 3.8) is 0 Å². The molecule has 1 saturated heterocycles. The quantitative estimate of drug-likeness (QED) is 0.869. The molecular weight excluding hydrogens is 324 g/mol. The van der Waals surface area contributed by atoms with Gasteiger partial charge in [0.15, 0.2) is 0 Å². The lowest BCUT2D eigenvalue weighted by Gasteiger charge is -2.29. The van der Waals surface area contributed by atoms with Crippen LogP contribution in [-0.2, 0) is 17.1 Å². The highest BCUT2D eigenvalue weighted by molar-refractivity contribution is 7.89. The van der Waals surface area contributed by atoms with Crippen molar-refractivity contribution in [1.82, 2.24) is 19.2 Å². The summed E-state index contributed by atoms with van der Waals surface area (Å²) in [6, 6.07) is 1.40. The number of hydrogen-bond acceptors (Lipinski definition) is 6. The number of nitrogens with zero attached hydrogens (tertiary/aromatic N) is 4. The maximum atomic E-state index is 12.5. The second kappa shape index (κ2) is 5.78. The van der Waals surface area contributed by atoms with Gasteiger partial charge in [-0.05, 0) is 12.8 Å². The third kappa shape index (κ3) is 2.99. The molecule has 0 bridgehead atoms. The van der Waals surface area contributed by atoms with Crippen molar-refractivity contribution in [2.75, 3.05) is 13.1 Å². The van der Waals surface area contributed by atoms with Gasteiger partial charge in [-0.1, -0.05) is 5.16 Å². The van der Waals surface area contributed by atoms with Gasteiger partial charge in [0.1, 0.15) is 4.90 Å². The summed E-state index contributed by atoms with van der Waals surface area (Å²) in [4.78, 5) is 11.0. The number of carboxylic acid groups (broad SMARTS) is 1. The number of piperidine rings is 1. The molecule has 2 aromatic heterocycles. The van der Waals surface area contributed by atoms with Crippen LogP contribution in [0.25, 0.3) is 0 Å². The van der Waals surface area contributed by atoms with Gasteiger partial charge in [0.2, 0.25) is 15.8 Å². The lowest BCUT2D eigenvalue weighted by atomic mass is 9.94. The van der Waals surface area contributed by atoms with Crippen LogP contribution in [0.3, 0.4) is 0 Å². The van der Waals surface area contributed by atoms with E-state index in [1.54, 1.807) is 7.05 Å². The van der Waals surface area contributed by atoms with Crippen molar-refractivity contribution in [1.29, 1.82) is 0 Å². The van der Waals surface area contributed by atoms with E-state index < -0.39 is 16.0 Å². The monoisotopic (exact) mass is 340 g/mol. The summed E-state index contributed by atoms with van der Waals surface area (Å²) in [5.74, 6) is -1.38. The first kappa shape index (κ1) is 15.7. The Bertz CT molecular complexity index is 817. The molecule has 2 aromatic rings. The summed E-state index contributed by atoms with van der Waals surface area (Å²) in [5.41, 5.74) is 0.556. The van der Waals surface area contributed by atoms with Crippen LogP contribution in [0.2, 0.25) is 0 Å². The predicted molar refractivity (Wildman–Crippen MR) is 77.4 cm³/mol. The fourth-order valence-electron chi connectivity index (χ4n) is 2.66. The summed E-state index contributed by atoms with van der Waals surface area (Å²) < 4.78 is 32.6. The summed E-state index contributed by atoms with van der Waals surface area (Å²) >= 11 is 0. The number of aromatic nitrogens is 3. The Kier molecular flexibility index (Phi) is 3.94. The molecule has 1 aliphatic rings. The Morgan fingerprint density at radius 1 is 1.39 bits per heavy atom. The molecule has 0 spiro atoms. The highest BCUT2D eigenvalue weighted by Gasteiger charge is 2.32. The molecule has 0 unspecified atom stereocenters. The van der Waals surface area contributed by atoms with Crippen molar-refractivity contribution < 1.29 is 22.8 Å². The molecule has 1 aliphatic heterocycles. The van der Waals surface area contributed by atoms with E-state index in [1.807, 2.05) is 0 Å². The highest BCUT2D eigenvalue weighted by Crippen LogP contribution is 2.30. The van der Waals surface area contributed by atoms with Crippen molar-refractivity contribution in [3.8, 4) is 0 Å². The van der Waals surface area contributed by atoms with Crippen LogP contribution < -0.4 is 0 Å². The van der Waals surface area contributed by atoms with E-state index >= 15 is 0 Å². The molecule has 0 radical (unpaired) electrons. The SMILES string of the molecule is Cn1cc(S(=O)(=O)N2CCC(c3cc(C(=O)O)on3)CC2)cn1. The van der Waals surface area contributed by atoms with Gasteiger partial charge in [-0.3, -0.25) is 4.68 Å². The maximum absolute atomic E-state index is 12.5. The largest absolute Gasteiger partial charge is 0.475 e. The van der Waals surface area contributed by atoms with Gasteiger partial charge in [0.05, 0.1) is 11.9 Å². The summed E-state index contributed by atoms with van der Waals surface area (Å²) in [7, 11) is -1.88. The maximum Gasteiger partial charge on any atom is 0.374 e. The lowest BCUT2D eigenvalue weighted by molar-refractivity contribution is 0.0651. The Balaban J connectivity index is 1.69. The number of aryl methyl sites for hydroxylation is 1. The van der Waals surface area contributed by atoms with E-state index in [-0.39, 0.29) is 16.6 Å². The average molecular weight is 340 g/mol. The van der Waals surface area contributed by atoms with Crippen LogP contribution in [-0.4, -0.2) is 51.8 Å². The Labute approximate surface area is 132 Å². The van der Waals surface area contributed by atoms with Crippen LogP contribution in [0.15, 0.2) is 27.9 Å². The smallest absolute Gasteiger partial charge is 0.374 e. The van der Waals surface area contributed by atoms with Gasteiger partial charge in [-0.25, -0.2) is 13.2 Å². The third-order valence-electron chi connectivity index (χ3n) is 3.93. The van der Waals surface area contributed by atoms with Gasteiger partial charge < -0.3 is 9.63 Å². The Morgan fingerprint density at radius 3 is 2.61 bits per heavy atom. The zero-order chi connectivity index (χ0) is 16.6. The lowest BCUT2D eigenvalue weighted by Crippen LogP contribution is -2.37. The first-order valence-electron chi connectivity index (χ1n) is 7.06. The number of aromatic carboxylic acids is 1. The molecule has 10 heteroatoms. The van der Waals surface area contributed by atoms with Crippen molar-refractivity contribution in [2.45, 2.75) is 23.7 Å². The summed E-state index contributed by atoms with van der Waals surface area (Å²) in [5, 5.41) is 16.5. The minimum atomic E-state index is -3.54. The van der Waals surface area contributed by atoms with Gasteiger partial charge in [-0.15, -0.1) is 0 Å². The molecule has 1 N–H and O–H groups in total. The van der Waals surface area contributed by atoms with Crippen molar-refractivity contribution >= 4 is 16.0 Å². The van der Waals surface area contributed by atoms with Crippen LogP contribution in [0, 0.1) is 0 Å². The summed E-state index contributed by atoms with van der Waals surface area (Å²) in [6.45, 7) is 0.689. The highest BCUT2D eigenvalue weighted by atomic mass is 32.2. The van der Waals surface area contributed by atoms with Gasteiger partial charge >= 0.3 is 5.97 Å². The number of carbonyl (C=O) groups is 1. The number of carboxylic acids is 1. The topological polar surface area (TPSA) is 119 Å². The average Bonchev–Trinajstić information content (AvgIpc) is 3.16. The van der Waals surface area contributed by atoms with E-state index in [1.165, 1.54) is 27.4 Å². The van der Waals surface area contributed by atoms with Crippen molar-refractivity contribution in [3.05, 3.63) is 29.9 Å². The third-order valence-corrected chi connectivity index (χ3v) is 5.78. The number of rotatable bonds is 4. The minimum absolute atomic E-state index is 0.00722. The number of sulfonamides is 1. The van der Waals surface area contributed by atoms with Crippen molar-refractivity contribution in [2.24, 2.45) is 7.05 Å². The van der Waals surface area contributed by atoms with Crippen LogP contribution in [0.4, 0.5) is 0 Å². The molecular formula is C13H16N4O5S. The molecule has 0 amide bonds. The Hall–Kier alpha value is -2.20. The normalized spacial score (nSPS) is 17.4. The molecule has 23 heavy (non-hydrogen) atoms. The number of hydrogen-bond donors (Lipinski definition) is 1. The second-order valence-corrected chi connectivity index (χ2v) is 7.39. The molecule has 0 aliphatic carbocycles.